The molecule has 3 N–H and O–H groups in total. The molecule has 0 bridgehead atoms. The van der Waals surface area contributed by atoms with Gasteiger partial charge in [0.25, 0.3) is 0 Å². The van der Waals surface area contributed by atoms with Gasteiger partial charge in [0, 0.05) is 7.05 Å². The lowest BCUT2D eigenvalue weighted by Crippen LogP contribution is -2.13. The van der Waals surface area contributed by atoms with Crippen LogP contribution in [0.2, 0.25) is 0 Å². The molecule has 0 aromatic rings. The first-order chi connectivity index (χ1) is 3.81. The Labute approximate surface area is 50.8 Å². The first-order valence-corrected chi connectivity index (χ1v) is 2.94. The molecule has 0 aromatic carbocycles. The van der Waals surface area contributed by atoms with Gasteiger partial charge in [-0.05, 0) is 12.5 Å². The van der Waals surface area contributed by atoms with Crippen LogP contribution in [0.3, 0.4) is 0 Å². The van der Waals surface area contributed by atoms with Gasteiger partial charge in [0.15, 0.2) is 0 Å². The zero-order valence-electron chi connectivity index (χ0n) is 5.57. The molecular formula is C6H14N2. The molecule has 0 aliphatic carbocycles. The zero-order valence-corrected chi connectivity index (χ0v) is 5.57. The minimum atomic E-state index is 0.770. The van der Waals surface area contributed by atoms with Gasteiger partial charge in [0.2, 0.25) is 0 Å². The lowest BCUT2D eigenvalue weighted by atomic mass is 10.3. The highest BCUT2D eigenvalue weighted by Crippen LogP contribution is 1.88. The Morgan fingerprint density at radius 1 is 1.75 bits per heavy atom. The molecule has 0 amide bonds. The van der Waals surface area contributed by atoms with Crippen LogP contribution in [0.15, 0.2) is 11.9 Å². The third kappa shape index (κ3) is 3.53. The molecule has 0 unspecified atom stereocenters. The fourth-order valence-corrected chi connectivity index (χ4v) is 0.402. The second-order valence-electron chi connectivity index (χ2n) is 1.70. The van der Waals surface area contributed by atoms with Gasteiger partial charge in [-0.2, -0.15) is 0 Å². The highest BCUT2D eigenvalue weighted by Gasteiger charge is 1.78. The van der Waals surface area contributed by atoms with Gasteiger partial charge in [0.05, 0.1) is 5.82 Å². The number of hydrogen-bond acceptors (Lipinski definition) is 2. The minimum Gasteiger partial charge on any atom is -0.386 e. The number of rotatable bonds is 3. The molecular weight excluding hydrogens is 100 g/mol. The normalized spacial score (nSPS) is 11.5. The van der Waals surface area contributed by atoms with Crippen LogP contribution in [0.1, 0.15) is 19.8 Å². The summed E-state index contributed by atoms with van der Waals surface area (Å²) in [7, 11) is 1.82. The van der Waals surface area contributed by atoms with Crippen molar-refractivity contribution < 1.29 is 0 Å². The third-order valence-electron chi connectivity index (χ3n) is 0.942. The molecule has 0 rings (SSSR count). The second-order valence-corrected chi connectivity index (χ2v) is 1.70. The van der Waals surface area contributed by atoms with Crippen molar-refractivity contribution in [3.8, 4) is 0 Å². The molecule has 0 heterocycles. The van der Waals surface area contributed by atoms with E-state index >= 15 is 0 Å². The summed E-state index contributed by atoms with van der Waals surface area (Å²) in [6, 6.07) is 0. The Morgan fingerprint density at radius 2 is 2.38 bits per heavy atom. The van der Waals surface area contributed by atoms with Crippen molar-refractivity contribution >= 4 is 0 Å². The van der Waals surface area contributed by atoms with Crippen LogP contribution in [-0.4, -0.2) is 7.05 Å². The molecule has 0 aliphatic heterocycles. The maximum atomic E-state index is 5.41. The highest BCUT2D eigenvalue weighted by atomic mass is 14.9. The Hall–Kier alpha value is -0.660. The molecule has 8 heavy (non-hydrogen) atoms. The smallest absolute Gasteiger partial charge is 0.0916 e. The second kappa shape index (κ2) is 4.50. The van der Waals surface area contributed by atoms with Crippen molar-refractivity contribution in [1.29, 1.82) is 0 Å². The predicted octanol–water partition coefficient (Wildman–Crippen LogP) is 0.806. The number of unbranched alkanes of at least 4 members (excludes halogenated alkanes) is 1. The van der Waals surface area contributed by atoms with Crippen molar-refractivity contribution in [2.45, 2.75) is 19.8 Å². The standard InChI is InChI=1S/C6H14N2/c1-3-4-5-6(7)8-2/h5,8H,3-4,7H2,1-2H3/b6-5+. The van der Waals surface area contributed by atoms with Crippen LogP contribution in [0.25, 0.3) is 0 Å². The van der Waals surface area contributed by atoms with E-state index in [0.29, 0.717) is 0 Å². The van der Waals surface area contributed by atoms with E-state index in [1.807, 2.05) is 13.1 Å². The minimum absolute atomic E-state index is 0.770. The Kier molecular flexibility index (Phi) is 4.13. The third-order valence-corrected chi connectivity index (χ3v) is 0.942. The SMILES string of the molecule is CCC/C=C(\N)NC. The monoisotopic (exact) mass is 114 g/mol. The predicted molar refractivity (Wildman–Crippen MR) is 36.2 cm³/mol. The average Bonchev–Trinajstić information content (AvgIpc) is 1.83. The largest absolute Gasteiger partial charge is 0.386 e. The van der Waals surface area contributed by atoms with Gasteiger partial charge >= 0.3 is 0 Å². The van der Waals surface area contributed by atoms with Crippen molar-refractivity contribution in [1.82, 2.24) is 5.32 Å². The molecule has 0 radical (unpaired) electrons. The molecule has 0 saturated carbocycles. The van der Waals surface area contributed by atoms with Crippen LogP contribution in [-0.2, 0) is 0 Å². The topological polar surface area (TPSA) is 38.0 Å². The zero-order chi connectivity index (χ0) is 6.41. The van der Waals surface area contributed by atoms with E-state index in [1.165, 1.54) is 0 Å². The quantitative estimate of drug-likeness (QED) is 0.569. The molecule has 0 aromatic heterocycles. The molecule has 0 aliphatic rings. The lowest BCUT2D eigenvalue weighted by Gasteiger charge is -1.95. The first-order valence-electron chi connectivity index (χ1n) is 2.94. The Morgan fingerprint density at radius 3 is 2.75 bits per heavy atom. The van der Waals surface area contributed by atoms with E-state index in [0.717, 1.165) is 18.7 Å². The van der Waals surface area contributed by atoms with Crippen LogP contribution in [0, 0.1) is 0 Å². The number of nitrogens with two attached hydrogens (primary N) is 1. The fourth-order valence-electron chi connectivity index (χ4n) is 0.402. The molecule has 0 saturated heterocycles. The summed E-state index contributed by atoms with van der Waals surface area (Å²) in [5.74, 6) is 0.770. The number of hydrogen-bond donors (Lipinski definition) is 2. The van der Waals surface area contributed by atoms with E-state index in [-0.39, 0.29) is 0 Å². The summed E-state index contributed by atoms with van der Waals surface area (Å²) in [6.07, 6.45) is 4.20. The maximum Gasteiger partial charge on any atom is 0.0916 e. The molecule has 0 fully saturated rings. The summed E-state index contributed by atoms with van der Waals surface area (Å²) in [5, 5.41) is 2.84. The molecule has 0 spiro atoms. The van der Waals surface area contributed by atoms with Crippen molar-refractivity contribution in [3.05, 3.63) is 11.9 Å². The lowest BCUT2D eigenvalue weighted by molar-refractivity contribution is 0.896. The molecule has 0 atom stereocenters. The van der Waals surface area contributed by atoms with Crippen molar-refractivity contribution in [3.63, 3.8) is 0 Å². The Balaban J connectivity index is 3.26. The maximum absolute atomic E-state index is 5.41. The van der Waals surface area contributed by atoms with Gasteiger partial charge in [-0.25, -0.2) is 0 Å². The van der Waals surface area contributed by atoms with Gasteiger partial charge in [0.1, 0.15) is 0 Å². The van der Waals surface area contributed by atoms with E-state index < -0.39 is 0 Å². The van der Waals surface area contributed by atoms with Gasteiger partial charge < -0.3 is 11.1 Å². The first kappa shape index (κ1) is 7.34. The fraction of sp³-hybridized carbons (Fsp3) is 0.667. The van der Waals surface area contributed by atoms with E-state index in [2.05, 4.69) is 12.2 Å². The van der Waals surface area contributed by atoms with Crippen LogP contribution in [0.5, 0.6) is 0 Å². The van der Waals surface area contributed by atoms with E-state index in [9.17, 15) is 0 Å². The van der Waals surface area contributed by atoms with Gasteiger partial charge in [-0.15, -0.1) is 0 Å². The van der Waals surface area contributed by atoms with E-state index in [1.54, 1.807) is 0 Å². The number of allylic oxidation sites excluding steroid dienone is 1. The summed E-state index contributed by atoms with van der Waals surface area (Å²) >= 11 is 0. The molecule has 2 heteroatoms. The van der Waals surface area contributed by atoms with Gasteiger partial charge in [-0.1, -0.05) is 13.3 Å². The molecule has 2 nitrogen and oxygen atoms in total. The van der Waals surface area contributed by atoms with Crippen LogP contribution < -0.4 is 11.1 Å². The van der Waals surface area contributed by atoms with Crippen molar-refractivity contribution in [2.75, 3.05) is 7.05 Å². The Bertz CT molecular complexity index is 76.6. The highest BCUT2D eigenvalue weighted by molar-refractivity contribution is 4.91. The number of nitrogens with one attached hydrogen (secondary N) is 1. The van der Waals surface area contributed by atoms with Crippen LogP contribution >= 0.6 is 0 Å². The summed E-state index contributed by atoms with van der Waals surface area (Å²) < 4.78 is 0. The molecule has 48 valence electrons. The van der Waals surface area contributed by atoms with Gasteiger partial charge in [-0.3, -0.25) is 0 Å². The average molecular weight is 114 g/mol. The van der Waals surface area contributed by atoms with E-state index in [4.69, 9.17) is 5.73 Å². The summed E-state index contributed by atoms with van der Waals surface area (Å²) in [5.41, 5.74) is 5.41. The summed E-state index contributed by atoms with van der Waals surface area (Å²) in [4.78, 5) is 0. The van der Waals surface area contributed by atoms with Crippen LogP contribution in [0.4, 0.5) is 0 Å². The summed E-state index contributed by atoms with van der Waals surface area (Å²) in [6.45, 7) is 2.12. The van der Waals surface area contributed by atoms with Crippen molar-refractivity contribution in [2.24, 2.45) is 5.73 Å².